The van der Waals surface area contributed by atoms with E-state index in [1.54, 1.807) is 37.5 Å². The molecule has 0 fully saturated rings. The van der Waals surface area contributed by atoms with Crippen LogP contribution in [0.25, 0.3) is 0 Å². The number of aromatic nitrogens is 1. The van der Waals surface area contributed by atoms with Crippen molar-refractivity contribution in [2.75, 3.05) is 11.9 Å². The number of hydrogen-bond acceptors (Lipinski definition) is 3. The molecule has 0 spiro atoms. The van der Waals surface area contributed by atoms with Crippen molar-refractivity contribution in [1.29, 1.82) is 0 Å². The zero-order valence-corrected chi connectivity index (χ0v) is 10.9. The molecule has 2 rings (SSSR count). The van der Waals surface area contributed by atoms with Gasteiger partial charge in [-0.2, -0.15) is 0 Å². The minimum Gasteiger partial charge on any atom is -0.508 e. The van der Waals surface area contributed by atoms with Crippen molar-refractivity contribution in [3.63, 3.8) is 0 Å². The average Bonchev–Trinajstić information content (AvgIpc) is 2.85. The normalized spacial score (nSPS) is 10.2. The Balaban J connectivity index is 2.24. The smallest absolute Gasteiger partial charge is 0.323 e. The second kappa shape index (κ2) is 5.48. The zero-order valence-electron chi connectivity index (χ0n) is 10.9. The maximum Gasteiger partial charge on any atom is 0.323 e. The van der Waals surface area contributed by atoms with E-state index in [2.05, 4.69) is 0 Å². The lowest BCUT2D eigenvalue weighted by Crippen LogP contribution is -2.29. The van der Waals surface area contributed by atoms with Gasteiger partial charge in [0.1, 0.15) is 18.0 Å². The first-order valence-electron chi connectivity index (χ1n) is 5.93. The van der Waals surface area contributed by atoms with Gasteiger partial charge in [-0.1, -0.05) is 0 Å². The van der Waals surface area contributed by atoms with Gasteiger partial charge in [-0.25, -0.2) is 0 Å². The molecule has 1 heterocycles. The molecule has 0 radical (unpaired) electrons. The lowest BCUT2D eigenvalue weighted by molar-refractivity contribution is -0.137. The van der Waals surface area contributed by atoms with E-state index in [0.717, 1.165) is 0 Å². The van der Waals surface area contributed by atoms with Gasteiger partial charge in [0.2, 0.25) is 0 Å². The number of phenolic OH excluding ortho intramolecular Hbond substituents is 1. The van der Waals surface area contributed by atoms with Crippen LogP contribution < -0.4 is 4.90 Å². The molecule has 2 N–H and O–H groups in total. The van der Waals surface area contributed by atoms with Gasteiger partial charge in [-0.15, -0.1) is 0 Å². The van der Waals surface area contributed by atoms with Gasteiger partial charge < -0.3 is 19.7 Å². The minimum absolute atomic E-state index is 0.115. The largest absolute Gasteiger partial charge is 0.508 e. The Morgan fingerprint density at radius 1 is 1.20 bits per heavy atom. The number of amides is 1. The second-order valence-electron chi connectivity index (χ2n) is 4.30. The summed E-state index contributed by atoms with van der Waals surface area (Å²) in [4.78, 5) is 24.5. The highest BCUT2D eigenvalue weighted by molar-refractivity contribution is 6.04. The third-order valence-electron chi connectivity index (χ3n) is 2.90. The molecule has 1 amide bonds. The Hall–Kier alpha value is -2.76. The number of rotatable bonds is 4. The monoisotopic (exact) mass is 274 g/mol. The van der Waals surface area contributed by atoms with Crippen LogP contribution in [0.15, 0.2) is 42.6 Å². The van der Waals surface area contributed by atoms with E-state index in [1.807, 2.05) is 0 Å². The van der Waals surface area contributed by atoms with Crippen molar-refractivity contribution in [3.8, 4) is 5.75 Å². The van der Waals surface area contributed by atoms with Crippen LogP contribution in [0.1, 0.15) is 10.5 Å². The first-order chi connectivity index (χ1) is 9.49. The average molecular weight is 274 g/mol. The van der Waals surface area contributed by atoms with E-state index < -0.39 is 5.97 Å². The van der Waals surface area contributed by atoms with Crippen LogP contribution >= 0.6 is 0 Å². The molecule has 0 aliphatic rings. The van der Waals surface area contributed by atoms with Crippen LogP contribution in [0, 0.1) is 0 Å². The molecule has 6 nitrogen and oxygen atoms in total. The van der Waals surface area contributed by atoms with Crippen LogP contribution in [-0.4, -0.2) is 33.7 Å². The summed E-state index contributed by atoms with van der Waals surface area (Å²) >= 11 is 0. The zero-order chi connectivity index (χ0) is 14.7. The Labute approximate surface area is 115 Å². The molecular formula is C14H14N2O4. The van der Waals surface area contributed by atoms with E-state index in [0.29, 0.717) is 11.4 Å². The highest BCUT2D eigenvalue weighted by atomic mass is 16.4. The standard InChI is InChI=1S/C14H14N2O4/c1-15(10-4-6-11(17)7-5-10)14(20)12-3-2-8-16(12)9-13(18)19/h2-8,17H,9H2,1H3,(H,18,19). The molecule has 0 saturated heterocycles. The van der Waals surface area contributed by atoms with E-state index in [1.165, 1.54) is 21.6 Å². The summed E-state index contributed by atoms with van der Waals surface area (Å²) < 4.78 is 1.38. The molecule has 6 heteroatoms. The van der Waals surface area contributed by atoms with Crippen molar-refractivity contribution in [2.24, 2.45) is 0 Å². The molecule has 0 saturated carbocycles. The van der Waals surface area contributed by atoms with Gasteiger partial charge in [0.05, 0.1) is 0 Å². The Kier molecular flexibility index (Phi) is 3.74. The van der Waals surface area contributed by atoms with Crippen molar-refractivity contribution in [1.82, 2.24) is 4.57 Å². The molecule has 1 aromatic carbocycles. The summed E-state index contributed by atoms with van der Waals surface area (Å²) in [7, 11) is 1.59. The van der Waals surface area contributed by atoms with Gasteiger partial charge in [-0.05, 0) is 36.4 Å². The van der Waals surface area contributed by atoms with Crippen molar-refractivity contribution >= 4 is 17.6 Å². The summed E-state index contributed by atoms with van der Waals surface area (Å²) in [6.45, 7) is -0.266. The molecule has 104 valence electrons. The van der Waals surface area contributed by atoms with Gasteiger partial charge in [0, 0.05) is 18.9 Å². The molecule has 0 aliphatic heterocycles. The van der Waals surface area contributed by atoms with Crippen LogP contribution in [-0.2, 0) is 11.3 Å². The van der Waals surface area contributed by atoms with Crippen molar-refractivity contribution in [3.05, 3.63) is 48.3 Å². The highest BCUT2D eigenvalue weighted by Crippen LogP contribution is 2.19. The fourth-order valence-corrected chi connectivity index (χ4v) is 1.86. The number of benzene rings is 1. The number of phenols is 1. The molecular weight excluding hydrogens is 260 g/mol. The summed E-state index contributed by atoms with van der Waals surface area (Å²) in [6.07, 6.45) is 1.55. The molecule has 0 atom stereocenters. The molecule has 0 bridgehead atoms. The Bertz CT molecular complexity index is 631. The van der Waals surface area contributed by atoms with Crippen LogP contribution in [0.4, 0.5) is 5.69 Å². The molecule has 20 heavy (non-hydrogen) atoms. The number of aliphatic carboxylic acids is 1. The Morgan fingerprint density at radius 2 is 1.85 bits per heavy atom. The quantitative estimate of drug-likeness (QED) is 0.886. The van der Waals surface area contributed by atoms with E-state index in [9.17, 15) is 14.7 Å². The maximum atomic E-state index is 12.3. The van der Waals surface area contributed by atoms with E-state index in [-0.39, 0.29) is 18.2 Å². The number of hydrogen-bond donors (Lipinski definition) is 2. The van der Waals surface area contributed by atoms with Gasteiger partial charge >= 0.3 is 5.97 Å². The fourth-order valence-electron chi connectivity index (χ4n) is 1.86. The van der Waals surface area contributed by atoms with Gasteiger partial charge in [0.15, 0.2) is 0 Å². The minimum atomic E-state index is -1.01. The lowest BCUT2D eigenvalue weighted by Gasteiger charge is -2.18. The fraction of sp³-hybridized carbons (Fsp3) is 0.143. The summed E-state index contributed by atoms with van der Waals surface area (Å²) in [5.74, 6) is -1.21. The summed E-state index contributed by atoms with van der Waals surface area (Å²) in [5.41, 5.74) is 0.902. The first kappa shape index (κ1) is 13.7. The number of carbonyl (C=O) groups excluding carboxylic acids is 1. The number of nitrogens with zero attached hydrogens (tertiary/aromatic N) is 2. The lowest BCUT2D eigenvalue weighted by atomic mass is 10.2. The maximum absolute atomic E-state index is 12.3. The second-order valence-corrected chi connectivity index (χ2v) is 4.30. The molecule has 0 unspecified atom stereocenters. The SMILES string of the molecule is CN(C(=O)c1cccn1CC(=O)O)c1ccc(O)cc1. The van der Waals surface area contributed by atoms with Gasteiger partial charge in [-0.3, -0.25) is 9.59 Å². The van der Waals surface area contributed by atoms with Crippen molar-refractivity contribution in [2.45, 2.75) is 6.54 Å². The predicted molar refractivity (Wildman–Crippen MR) is 72.9 cm³/mol. The third-order valence-corrected chi connectivity index (χ3v) is 2.90. The summed E-state index contributed by atoms with van der Waals surface area (Å²) in [5, 5.41) is 18.0. The number of anilines is 1. The number of carboxylic acids is 1. The molecule has 2 aromatic rings. The summed E-state index contributed by atoms with van der Waals surface area (Å²) in [6, 6.07) is 9.38. The van der Waals surface area contributed by atoms with E-state index in [4.69, 9.17) is 5.11 Å². The molecule has 0 aliphatic carbocycles. The topological polar surface area (TPSA) is 82.8 Å². The Morgan fingerprint density at radius 3 is 2.45 bits per heavy atom. The van der Waals surface area contributed by atoms with Crippen LogP contribution in [0.5, 0.6) is 5.75 Å². The van der Waals surface area contributed by atoms with Gasteiger partial charge in [0.25, 0.3) is 5.91 Å². The predicted octanol–water partition coefficient (Wildman–Crippen LogP) is 1.55. The number of aromatic hydroxyl groups is 1. The van der Waals surface area contributed by atoms with Crippen LogP contribution in [0.2, 0.25) is 0 Å². The first-order valence-corrected chi connectivity index (χ1v) is 5.93. The van der Waals surface area contributed by atoms with E-state index >= 15 is 0 Å². The third kappa shape index (κ3) is 2.80. The van der Waals surface area contributed by atoms with Crippen molar-refractivity contribution < 1.29 is 19.8 Å². The highest BCUT2D eigenvalue weighted by Gasteiger charge is 2.18. The molecule has 1 aromatic heterocycles. The number of carbonyl (C=O) groups is 2. The van der Waals surface area contributed by atoms with Crippen LogP contribution in [0.3, 0.4) is 0 Å². The number of carboxylic acid groups (broad SMARTS) is 1.